The summed E-state index contributed by atoms with van der Waals surface area (Å²) in [5.74, 6) is 4.94. The summed E-state index contributed by atoms with van der Waals surface area (Å²) in [6.07, 6.45) is 0. The van der Waals surface area contributed by atoms with E-state index in [-0.39, 0.29) is 7.43 Å². The molecule has 0 spiro atoms. The van der Waals surface area contributed by atoms with Gasteiger partial charge in [-0.1, -0.05) is 7.43 Å². The van der Waals surface area contributed by atoms with Crippen LogP contribution in [-0.2, 0) is 9.47 Å². The third-order valence-electron chi connectivity index (χ3n) is 0. The first-order valence-electron chi connectivity index (χ1n) is 1.49. The Labute approximate surface area is 80.8 Å². The summed E-state index contributed by atoms with van der Waals surface area (Å²) in [4.78, 5) is 0. The molecule has 0 rings (SSSR count). The van der Waals surface area contributed by atoms with Crippen LogP contribution < -0.4 is 5.84 Å². The van der Waals surface area contributed by atoms with E-state index in [2.05, 4.69) is 40.0 Å². The van der Waals surface area contributed by atoms with Crippen LogP contribution in [0.3, 0.4) is 0 Å². The molecule has 0 atom stereocenters. The molecule has 0 saturated heterocycles. The topological polar surface area (TPSA) is 29.3 Å². The van der Waals surface area contributed by atoms with Crippen LogP contribution in [0.5, 0.6) is 0 Å². The fraction of sp³-hybridized carbons (Fsp3) is 1.00. The first-order chi connectivity index (χ1) is 3.15. The van der Waals surface area contributed by atoms with Crippen molar-refractivity contribution in [1.29, 1.82) is 0 Å². The van der Waals surface area contributed by atoms with Crippen molar-refractivity contribution in [2.75, 3.05) is 14.1 Å². The van der Waals surface area contributed by atoms with Crippen LogP contribution >= 0.6 is 40.0 Å². The fourth-order valence-electron chi connectivity index (χ4n) is 0. The number of hydrogen-bond acceptors (Lipinski definition) is 2. The van der Waals surface area contributed by atoms with Gasteiger partial charge in [-0.05, 0) is 0 Å². The Morgan fingerprint density at radius 3 is 1.38 bits per heavy atom. The molecule has 0 aromatic carbocycles. The zero-order valence-corrected chi connectivity index (χ0v) is 9.94. The predicted molar refractivity (Wildman–Crippen MR) is 52.6 cm³/mol. The molecule has 5 heteroatoms. The molecule has 8 heavy (non-hydrogen) atoms. The number of rotatable bonds is 0. The SMILES string of the molecule is C.CN(C)N.[I][V][I]. The molecule has 0 aliphatic carbocycles. The number of halogens is 2. The van der Waals surface area contributed by atoms with Crippen LogP contribution in [0.15, 0.2) is 0 Å². The molecular weight excluding hydrogens is 369 g/mol. The van der Waals surface area contributed by atoms with Crippen molar-refractivity contribution in [1.82, 2.24) is 5.01 Å². The second-order valence-electron chi connectivity index (χ2n) is 1.03. The van der Waals surface area contributed by atoms with Gasteiger partial charge in [0.1, 0.15) is 0 Å². The average Bonchev–Trinajstić information content (AvgIpc) is 1.33. The van der Waals surface area contributed by atoms with E-state index in [0.717, 1.165) is 0 Å². The summed E-state index contributed by atoms with van der Waals surface area (Å²) in [6, 6.07) is 0. The number of nitrogens with zero attached hydrogens (tertiary/aromatic N) is 1. The van der Waals surface area contributed by atoms with Crippen LogP contribution in [0, 0.1) is 0 Å². The van der Waals surface area contributed by atoms with Crippen LogP contribution in [0.4, 0.5) is 0 Å². The maximum atomic E-state index is 4.94. The van der Waals surface area contributed by atoms with E-state index >= 15 is 0 Å². The third-order valence-corrected chi connectivity index (χ3v) is 0. The molecule has 0 aliphatic heterocycles. The zero-order valence-electron chi connectivity index (χ0n) is 4.23. The fourth-order valence-corrected chi connectivity index (χ4v) is 0. The molecule has 0 bridgehead atoms. The van der Waals surface area contributed by atoms with Gasteiger partial charge in [-0.15, -0.1) is 0 Å². The minimum atomic E-state index is 0. The van der Waals surface area contributed by atoms with Gasteiger partial charge in [0, 0.05) is 14.1 Å². The minimum absolute atomic E-state index is 0. The van der Waals surface area contributed by atoms with Crippen molar-refractivity contribution in [3.05, 3.63) is 0 Å². The van der Waals surface area contributed by atoms with Gasteiger partial charge in [-0.2, -0.15) is 0 Å². The van der Waals surface area contributed by atoms with Crippen molar-refractivity contribution >= 4 is 40.0 Å². The summed E-state index contributed by atoms with van der Waals surface area (Å²) < 4.78 is 0. The second kappa shape index (κ2) is 16.0. The Hall–Kier alpha value is 1.96. The third kappa shape index (κ3) is 100. The summed E-state index contributed by atoms with van der Waals surface area (Å²) in [7, 11) is 4.18. The Balaban J connectivity index is -0.0000000575. The molecular formula is C3H12I2N2V. The van der Waals surface area contributed by atoms with E-state index in [4.69, 9.17) is 5.84 Å². The Bertz CT molecular complexity index is 26.5. The number of hydrogen-bond donors (Lipinski definition) is 1. The van der Waals surface area contributed by atoms with E-state index in [9.17, 15) is 0 Å². The molecule has 0 amide bonds. The van der Waals surface area contributed by atoms with Gasteiger partial charge in [0.05, 0.1) is 0 Å². The molecule has 0 fully saturated rings. The van der Waals surface area contributed by atoms with Crippen molar-refractivity contribution < 1.29 is 9.47 Å². The Morgan fingerprint density at radius 1 is 1.38 bits per heavy atom. The van der Waals surface area contributed by atoms with E-state index < -0.39 is 0 Å². The molecule has 53 valence electrons. The second-order valence-corrected chi connectivity index (χ2v) is 12.8. The monoisotopic (exact) mass is 381 g/mol. The molecule has 0 radical (unpaired) electrons. The Kier molecular flexibility index (Phi) is 33.0. The molecule has 0 heterocycles. The first kappa shape index (κ1) is 16.5. The van der Waals surface area contributed by atoms with Gasteiger partial charge in [0.2, 0.25) is 0 Å². The van der Waals surface area contributed by atoms with Gasteiger partial charge in [0.25, 0.3) is 0 Å². The quantitative estimate of drug-likeness (QED) is 0.394. The summed E-state index contributed by atoms with van der Waals surface area (Å²) >= 11 is 4.74. The Morgan fingerprint density at radius 2 is 1.38 bits per heavy atom. The van der Waals surface area contributed by atoms with Gasteiger partial charge >= 0.3 is 49.4 Å². The molecule has 0 aromatic heterocycles. The molecule has 0 aromatic rings. The zero-order chi connectivity index (χ0) is 6.28. The number of hydrazine groups is 1. The first-order valence-corrected chi connectivity index (χ1v) is 10.5. The van der Waals surface area contributed by atoms with Crippen molar-refractivity contribution in [3.8, 4) is 0 Å². The molecule has 0 aliphatic rings. The van der Waals surface area contributed by atoms with Crippen molar-refractivity contribution in [3.63, 3.8) is 0 Å². The summed E-state index contributed by atoms with van der Waals surface area (Å²) in [5, 5.41) is 1.50. The average molecular weight is 381 g/mol. The standard InChI is InChI=1S/C2H8N2.CH4.2HI.V/c1-4(2)3;;;;/h3H2,1-2H3;1H4;2*1H;/q;;;;+2/p-2. The van der Waals surface area contributed by atoms with Gasteiger partial charge in [-0.3, -0.25) is 10.9 Å². The van der Waals surface area contributed by atoms with Crippen molar-refractivity contribution in [2.45, 2.75) is 7.43 Å². The molecule has 2 nitrogen and oxygen atoms in total. The maximum absolute atomic E-state index is 4.94. The van der Waals surface area contributed by atoms with Gasteiger partial charge < -0.3 is 0 Å². The van der Waals surface area contributed by atoms with Crippen LogP contribution in [0.2, 0.25) is 0 Å². The van der Waals surface area contributed by atoms with Crippen LogP contribution in [0.1, 0.15) is 7.43 Å². The van der Waals surface area contributed by atoms with E-state index in [1.54, 1.807) is 14.1 Å². The van der Waals surface area contributed by atoms with Gasteiger partial charge in [0.15, 0.2) is 0 Å². The summed E-state index contributed by atoms with van der Waals surface area (Å²) in [5.41, 5.74) is 0. The van der Waals surface area contributed by atoms with E-state index in [1.807, 2.05) is 0 Å². The predicted octanol–water partition coefficient (Wildman–Crippen LogP) is 1.83. The van der Waals surface area contributed by atoms with Crippen LogP contribution in [-0.4, -0.2) is 19.1 Å². The molecule has 0 saturated carbocycles. The van der Waals surface area contributed by atoms with Crippen LogP contribution in [0.25, 0.3) is 0 Å². The number of nitrogens with two attached hydrogens (primary N) is 1. The molecule has 2 N–H and O–H groups in total. The van der Waals surface area contributed by atoms with Crippen molar-refractivity contribution in [2.24, 2.45) is 5.84 Å². The molecule has 0 unspecified atom stereocenters. The van der Waals surface area contributed by atoms with E-state index in [1.165, 1.54) is 5.01 Å². The summed E-state index contributed by atoms with van der Waals surface area (Å²) in [6.45, 7) is 0. The van der Waals surface area contributed by atoms with Gasteiger partial charge in [-0.25, -0.2) is 0 Å². The normalized spacial score (nSPS) is 6.25. The van der Waals surface area contributed by atoms with E-state index in [0.29, 0.717) is 9.47 Å².